The van der Waals surface area contributed by atoms with E-state index in [1.165, 1.54) is 4.90 Å². The lowest BCUT2D eigenvalue weighted by Crippen LogP contribution is -2.50. The number of nitrogens with zero attached hydrogens (tertiary/aromatic N) is 1. The minimum Gasteiger partial charge on any atom is -0.483 e. The monoisotopic (exact) mass is 530 g/mol. The van der Waals surface area contributed by atoms with Crippen molar-refractivity contribution in [3.8, 4) is 5.75 Å². The summed E-state index contributed by atoms with van der Waals surface area (Å²) in [6.07, 6.45) is 0.805. The van der Waals surface area contributed by atoms with Crippen molar-refractivity contribution in [1.82, 2.24) is 10.2 Å². The van der Waals surface area contributed by atoms with Gasteiger partial charge < -0.3 is 15.0 Å². The van der Waals surface area contributed by atoms with E-state index >= 15 is 0 Å². The van der Waals surface area contributed by atoms with E-state index in [9.17, 15) is 9.59 Å². The van der Waals surface area contributed by atoms with E-state index in [-0.39, 0.29) is 31.0 Å². The molecule has 0 unspecified atom stereocenters. The number of halogens is 2. The summed E-state index contributed by atoms with van der Waals surface area (Å²) in [6.45, 7) is 5.72. The van der Waals surface area contributed by atoms with E-state index < -0.39 is 6.04 Å². The highest BCUT2D eigenvalue weighted by Crippen LogP contribution is 2.33. The Morgan fingerprint density at radius 2 is 1.85 bits per heavy atom. The Hall–Kier alpha value is -2.57. The number of fused-ring (bicyclic) bond motifs is 1. The quantitative estimate of drug-likeness (QED) is 0.370. The maximum Gasteiger partial charge on any atom is 0.261 e. The number of amides is 2. The van der Waals surface area contributed by atoms with Gasteiger partial charge in [0.05, 0.1) is 4.47 Å². The summed E-state index contributed by atoms with van der Waals surface area (Å²) < 4.78 is 6.67. The highest BCUT2D eigenvalue weighted by Gasteiger charge is 2.27. The molecule has 174 valence electrons. The molecule has 0 aliphatic rings. The first-order valence-corrected chi connectivity index (χ1v) is 12.1. The Labute approximate surface area is 208 Å². The molecule has 0 aliphatic heterocycles. The van der Waals surface area contributed by atoms with E-state index in [1.54, 1.807) is 19.1 Å². The maximum absolute atomic E-state index is 13.3. The molecular weight excluding hydrogens is 504 g/mol. The Kier molecular flexibility index (Phi) is 8.75. The van der Waals surface area contributed by atoms with Crippen molar-refractivity contribution in [1.29, 1.82) is 0 Å². The second kappa shape index (κ2) is 11.5. The number of carbonyl (C=O) groups is 2. The van der Waals surface area contributed by atoms with Gasteiger partial charge in [-0.15, -0.1) is 0 Å². The number of rotatable bonds is 9. The summed E-state index contributed by atoms with van der Waals surface area (Å²) in [5.74, 6) is 0.0786. The van der Waals surface area contributed by atoms with Gasteiger partial charge in [0, 0.05) is 17.6 Å². The lowest BCUT2D eigenvalue weighted by Gasteiger charge is -2.29. The van der Waals surface area contributed by atoms with Gasteiger partial charge >= 0.3 is 0 Å². The highest BCUT2D eigenvalue weighted by atomic mass is 79.9. The Morgan fingerprint density at radius 3 is 2.58 bits per heavy atom. The van der Waals surface area contributed by atoms with Crippen molar-refractivity contribution in [2.24, 2.45) is 0 Å². The zero-order chi connectivity index (χ0) is 24.0. The topological polar surface area (TPSA) is 58.6 Å². The maximum atomic E-state index is 13.3. The number of hydrogen-bond acceptors (Lipinski definition) is 3. The zero-order valence-electron chi connectivity index (χ0n) is 19.0. The Bertz CT molecular complexity index is 1140. The third-order valence-electron chi connectivity index (χ3n) is 5.59. The first-order chi connectivity index (χ1) is 15.8. The lowest BCUT2D eigenvalue weighted by molar-refractivity contribution is -0.142. The van der Waals surface area contributed by atoms with Gasteiger partial charge in [-0.2, -0.15) is 0 Å². The third-order valence-corrected chi connectivity index (χ3v) is 6.64. The average Bonchev–Trinajstić information content (AvgIpc) is 2.81. The fourth-order valence-electron chi connectivity index (χ4n) is 3.43. The van der Waals surface area contributed by atoms with Crippen LogP contribution >= 0.6 is 27.5 Å². The standard InChI is InChI=1S/C26H28BrClN2O3/c1-4-17(2)29-26(32)18(3)30(15-19-8-7-10-21(28)14-19)24(31)16-33-23-13-12-20-9-5-6-11-22(20)25(23)27/h5-14,17-18H,4,15-16H2,1-3H3,(H,29,32)/t17-,18+/m1/s1. The summed E-state index contributed by atoms with van der Waals surface area (Å²) in [5.41, 5.74) is 0.839. The van der Waals surface area contributed by atoms with E-state index in [0.717, 1.165) is 27.2 Å². The molecule has 3 aromatic rings. The van der Waals surface area contributed by atoms with E-state index in [0.29, 0.717) is 10.8 Å². The van der Waals surface area contributed by atoms with Gasteiger partial charge in [-0.3, -0.25) is 9.59 Å². The van der Waals surface area contributed by atoms with E-state index in [4.69, 9.17) is 16.3 Å². The molecule has 0 saturated heterocycles. The van der Waals surface area contributed by atoms with Crippen LogP contribution in [0.25, 0.3) is 10.8 Å². The molecule has 33 heavy (non-hydrogen) atoms. The van der Waals surface area contributed by atoms with Crippen LogP contribution in [0.5, 0.6) is 5.75 Å². The van der Waals surface area contributed by atoms with Crippen LogP contribution in [0.15, 0.2) is 65.1 Å². The second-order valence-corrected chi connectivity index (χ2v) is 9.26. The predicted molar refractivity (Wildman–Crippen MR) is 137 cm³/mol. The normalized spacial score (nSPS) is 12.8. The van der Waals surface area contributed by atoms with E-state index in [2.05, 4.69) is 21.2 Å². The molecule has 1 N–H and O–H groups in total. The molecule has 0 heterocycles. The van der Waals surface area contributed by atoms with Crippen LogP contribution in [0.2, 0.25) is 5.02 Å². The number of carbonyl (C=O) groups excluding carboxylic acids is 2. The molecule has 0 aliphatic carbocycles. The van der Waals surface area contributed by atoms with Crippen molar-refractivity contribution < 1.29 is 14.3 Å². The number of nitrogens with one attached hydrogen (secondary N) is 1. The van der Waals surface area contributed by atoms with Crippen molar-refractivity contribution in [2.75, 3.05) is 6.61 Å². The first-order valence-electron chi connectivity index (χ1n) is 10.9. The number of hydrogen-bond donors (Lipinski definition) is 1. The van der Waals surface area contributed by atoms with Gasteiger partial charge in [0.1, 0.15) is 11.8 Å². The van der Waals surface area contributed by atoms with Gasteiger partial charge in [0.25, 0.3) is 5.91 Å². The largest absolute Gasteiger partial charge is 0.483 e. The number of ether oxygens (including phenoxy) is 1. The molecule has 3 rings (SSSR count). The average molecular weight is 532 g/mol. The van der Waals surface area contributed by atoms with Crippen molar-refractivity contribution in [3.63, 3.8) is 0 Å². The van der Waals surface area contributed by atoms with E-state index in [1.807, 2.05) is 62.4 Å². The van der Waals surface area contributed by atoms with Gasteiger partial charge in [-0.25, -0.2) is 0 Å². The van der Waals surface area contributed by atoms with Crippen molar-refractivity contribution >= 4 is 50.1 Å². The third kappa shape index (κ3) is 6.49. The molecule has 0 fully saturated rings. The molecule has 0 spiro atoms. The summed E-state index contributed by atoms with van der Waals surface area (Å²) in [7, 11) is 0. The van der Waals surface area contributed by atoms with Crippen molar-refractivity contribution in [2.45, 2.75) is 45.8 Å². The molecule has 2 amide bonds. The molecule has 2 atom stereocenters. The van der Waals surface area contributed by atoms with Gasteiger partial charge in [0.2, 0.25) is 5.91 Å². The van der Waals surface area contributed by atoms with Crippen LogP contribution in [0, 0.1) is 0 Å². The van der Waals surface area contributed by atoms with Gasteiger partial charge in [0.15, 0.2) is 6.61 Å². The van der Waals surface area contributed by atoms with Gasteiger partial charge in [-0.1, -0.05) is 61.0 Å². The predicted octanol–water partition coefficient (Wildman–Crippen LogP) is 5.97. The molecule has 0 radical (unpaired) electrons. The lowest BCUT2D eigenvalue weighted by atomic mass is 10.1. The molecule has 0 aromatic heterocycles. The summed E-state index contributed by atoms with van der Waals surface area (Å²) in [4.78, 5) is 27.6. The highest BCUT2D eigenvalue weighted by molar-refractivity contribution is 9.10. The minimum atomic E-state index is -0.672. The second-order valence-electron chi connectivity index (χ2n) is 8.03. The SMILES string of the molecule is CC[C@@H](C)NC(=O)[C@H](C)N(Cc1cccc(Cl)c1)C(=O)COc1ccc2ccccc2c1Br. The van der Waals surface area contributed by atoms with Crippen LogP contribution in [-0.2, 0) is 16.1 Å². The van der Waals surface area contributed by atoms with Crippen LogP contribution in [0.1, 0.15) is 32.8 Å². The molecule has 3 aromatic carbocycles. The molecule has 0 bridgehead atoms. The summed E-state index contributed by atoms with van der Waals surface area (Å²) in [6, 6.07) is 18.3. The summed E-state index contributed by atoms with van der Waals surface area (Å²) >= 11 is 9.72. The zero-order valence-corrected chi connectivity index (χ0v) is 21.3. The molecular formula is C26H28BrClN2O3. The van der Waals surface area contributed by atoms with Crippen molar-refractivity contribution in [3.05, 3.63) is 75.7 Å². The fourth-order valence-corrected chi connectivity index (χ4v) is 4.25. The van der Waals surface area contributed by atoms with Crippen LogP contribution < -0.4 is 10.1 Å². The van der Waals surface area contributed by atoms with Crippen LogP contribution in [0.3, 0.4) is 0 Å². The Morgan fingerprint density at radius 1 is 1.09 bits per heavy atom. The van der Waals surface area contributed by atoms with Gasteiger partial charge in [-0.05, 0) is 70.7 Å². The Balaban J connectivity index is 1.79. The molecule has 5 nitrogen and oxygen atoms in total. The van der Waals surface area contributed by atoms with Crippen LogP contribution in [-0.4, -0.2) is 35.4 Å². The number of benzene rings is 3. The smallest absolute Gasteiger partial charge is 0.261 e. The minimum absolute atomic E-state index is 0.0212. The fraction of sp³-hybridized carbons (Fsp3) is 0.308. The molecule has 7 heteroatoms. The van der Waals surface area contributed by atoms with Crippen LogP contribution in [0.4, 0.5) is 0 Å². The summed E-state index contributed by atoms with van der Waals surface area (Å²) in [5, 5.41) is 5.60. The molecule has 0 saturated carbocycles. The first kappa shape index (κ1) is 25.1.